The molecule has 0 aromatic rings. The summed E-state index contributed by atoms with van der Waals surface area (Å²) in [6, 6.07) is 0.0446. The zero-order valence-corrected chi connectivity index (χ0v) is 11.9. The Morgan fingerprint density at radius 2 is 1.94 bits per heavy atom. The molecule has 0 aliphatic carbocycles. The van der Waals surface area contributed by atoms with Crippen molar-refractivity contribution in [2.24, 2.45) is 5.92 Å². The van der Waals surface area contributed by atoms with E-state index in [2.05, 4.69) is 13.8 Å². The van der Waals surface area contributed by atoms with Crippen molar-refractivity contribution in [2.45, 2.75) is 52.1 Å². The van der Waals surface area contributed by atoms with E-state index >= 15 is 0 Å². The second-order valence-corrected chi connectivity index (χ2v) is 5.85. The molecule has 1 heterocycles. The maximum absolute atomic E-state index is 12.4. The van der Waals surface area contributed by atoms with E-state index in [1.807, 2.05) is 4.90 Å². The van der Waals surface area contributed by atoms with Gasteiger partial charge in [0.25, 0.3) is 0 Å². The van der Waals surface area contributed by atoms with Gasteiger partial charge >= 0.3 is 12.0 Å². The van der Waals surface area contributed by atoms with Crippen LogP contribution in [0.4, 0.5) is 4.79 Å². The molecule has 1 rings (SSSR count). The van der Waals surface area contributed by atoms with Crippen molar-refractivity contribution in [1.82, 2.24) is 9.80 Å². The lowest BCUT2D eigenvalue weighted by atomic mass is 10.0. The van der Waals surface area contributed by atoms with Crippen molar-refractivity contribution >= 4 is 12.0 Å². The fourth-order valence-electron chi connectivity index (χ4n) is 2.30. The summed E-state index contributed by atoms with van der Waals surface area (Å²) in [4.78, 5) is 26.7. The quantitative estimate of drug-likeness (QED) is 0.840. The minimum atomic E-state index is -1.18. The highest BCUT2D eigenvalue weighted by Crippen LogP contribution is 2.26. The van der Waals surface area contributed by atoms with Crippen LogP contribution in [0.25, 0.3) is 0 Å². The van der Waals surface area contributed by atoms with E-state index in [4.69, 9.17) is 5.11 Å². The third-order valence-corrected chi connectivity index (χ3v) is 3.96. The van der Waals surface area contributed by atoms with Gasteiger partial charge in [0.2, 0.25) is 0 Å². The average molecular weight is 256 g/mol. The first kappa shape index (κ1) is 14.8. The zero-order valence-electron chi connectivity index (χ0n) is 11.9. The number of carbonyl (C=O) groups is 2. The summed E-state index contributed by atoms with van der Waals surface area (Å²) in [6.45, 7) is 8.01. The molecule has 1 aliphatic heterocycles. The number of hydrogen-bond acceptors (Lipinski definition) is 2. The Morgan fingerprint density at radius 3 is 2.39 bits per heavy atom. The van der Waals surface area contributed by atoms with E-state index in [0.29, 0.717) is 5.92 Å². The monoisotopic (exact) mass is 256 g/mol. The molecular weight excluding hydrogens is 232 g/mol. The van der Waals surface area contributed by atoms with Crippen LogP contribution in [0, 0.1) is 5.92 Å². The molecule has 1 saturated heterocycles. The summed E-state index contributed by atoms with van der Waals surface area (Å²) in [6.07, 6.45) is 2.00. The van der Waals surface area contributed by atoms with Crippen molar-refractivity contribution in [3.8, 4) is 0 Å². The van der Waals surface area contributed by atoms with Gasteiger partial charge in [0, 0.05) is 19.6 Å². The molecule has 18 heavy (non-hydrogen) atoms. The molecule has 1 aliphatic rings. The van der Waals surface area contributed by atoms with Crippen LogP contribution in [-0.2, 0) is 4.79 Å². The SMILES string of the molecule is CC(C)C1CCCN1C(=O)N(C)C(C)(C)C(=O)O. The normalized spacial score (nSPS) is 20.3. The fourth-order valence-corrected chi connectivity index (χ4v) is 2.30. The number of nitrogens with zero attached hydrogens (tertiary/aromatic N) is 2. The predicted octanol–water partition coefficient (Wildman–Crippen LogP) is 2.02. The summed E-state index contributed by atoms with van der Waals surface area (Å²) >= 11 is 0. The predicted molar refractivity (Wildman–Crippen MR) is 69.4 cm³/mol. The van der Waals surface area contributed by atoms with Gasteiger partial charge in [-0.25, -0.2) is 9.59 Å². The number of carboxylic acid groups (broad SMARTS) is 1. The molecule has 0 radical (unpaired) electrons. The first-order valence-electron chi connectivity index (χ1n) is 6.47. The Hall–Kier alpha value is -1.26. The molecule has 1 atom stereocenters. The van der Waals surface area contributed by atoms with Crippen LogP contribution >= 0.6 is 0 Å². The van der Waals surface area contributed by atoms with Crippen LogP contribution in [0.5, 0.6) is 0 Å². The molecule has 5 nitrogen and oxygen atoms in total. The van der Waals surface area contributed by atoms with Gasteiger partial charge < -0.3 is 14.9 Å². The van der Waals surface area contributed by atoms with Gasteiger partial charge in [-0.3, -0.25) is 0 Å². The van der Waals surface area contributed by atoms with Crippen LogP contribution in [0.1, 0.15) is 40.5 Å². The van der Waals surface area contributed by atoms with E-state index in [-0.39, 0.29) is 12.1 Å². The number of hydrogen-bond donors (Lipinski definition) is 1. The van der Waals surface area contributed by atoms with Gasteiger partial charge in [-0.15, -0.1) is 0 Å². The second kappa shape index (κ2) is 5.16. The highest BCUT2D eigenvalue weighted by atomic mass is 16.4. The molecular formula is C13H24N2O3. The third kappa shape index (κ3) is 2.60. The summed E-state index contributed by atoms with van der Waals surface area (Å²) in [5.74, 6) is -0.587. The number of carbonyl (C=O) groups excluding carboxylic acids is 1. The lowest BCUT2D eigenvalue weighted by Gasteiger charge is -2.37. The Labute approximate surface area is 109 Å². The number of carboxylic acids is 1. The van der Waals surface area contributed by atoms with E-state index in [0.717, 1.165) is 19.4 Å². The smallest absolute Gasteiger partial charge is 0.329 e. The summed E-state index contributed by atoms with van der Waals surface area (Å²) in [7, 11) is 1.56. The maximum atomic E-state index is 12.4. The van der Waals surface area contributed by atoms with E-state index in [1.54, 1.807) is 20.9 Å². The van der Waals surface area contributed by atoms with Gasteiger partial charge in [-0.1, -0.05) is 13.8 Å². The molecule has 0 saturated carbocycles. The zero-order chi connectivity index (χ0) is 14.1. The molecule has 0 spiro atoms. The Kier molecular flexibility index (Phi) is 4.24. The number of aliphatic carboxylic acids is 1. The summed E-state index contributed by atoms with van der Waals surface area (Å²) in [5.41, 5.74) is -1.18. The highest BCUT2D eigenvalue weighted by Gasteiger charge is 2.40. The molecule has 0 bridgehead atoms. The molecule has 0 aromatic heterocycles. The highest BCUT2D eigenvalue weighted by molar-refractivity contribution is 5.85. The van der Waals surface area contributed by atoms with Gasteiger partial charge in [0.15, 0.2) is 0 Å². The van der Waals surface area contributed by atoms with Crippen LogP contribution < -0.4 is 0 Å². The molecule has 0 aromatic carbocycles. The van der Waals surface area contributed by atoms with Gasteiger partial charge in [-0.05, 0) is 32.6 Å². The first-order chi connectivity index (χ1) is 8.19. The Bertz CT molecular complexity index is 339. The largest absolute Gasteiger partial charge is 0.480 e. The average Bonchev–Trinajstić information content (AvgIpc) is 2.75. The second-order valence-electron chi connectivity index (χ2n) is 5.85. The van der Waals surface area contributed by atoms with E-state index < -0.39 is 11.5 Å². The minimum Gasteiger partial charge on any atom is -0.480 e. The van der Waals surface area contributed by atoms with Crippen molar-refractivity contribution in [1.29, 1.82) is 0 Å². The van der Waals surface area contributed by atoms with Crippen LogP contribution in [0.3, 0.4) is 0 Å². The summed E-state index contributed by atoms with van der Waals surface area (Å²) < 4.78 is 0. The van der Waals surface area contributed by atoms with Crippen LogP contribution in [0.2, 0.25) is 0 Å². The van der Waals surface area contributed by atoms with Gasteiger partial charge in [0.1, 0.15) is 5.54 Å². The third-order valence-electron chi connectivity index (χ3n) is 3.96. The Morgan fingerprint density at radius 1 is 1.39 bits per heavy atom. The molecule has 1 unspecified atom stereocenters. The number of likely N-dealkylation sites (N-methyl/N-ethyl adjacent to an activating group) is 1. The van der Waals surface area contributed by atoms with Gasteiger partial charge in [-0.2, -0.15) is 0 Å². The maximum Gasteiger partial charge on any atom is 0.329 e. The lowest BCUT2D eigenvalue weighted by molar-refractivity contribution is -0.147. The molecule has 2 amide bonds. The molecule has 104 valence electrons. The fraction of sp³-hybridized carbons (Fsp3) is 0.846. The topological polar surface area (TPSA) is 60.9 Å². The van der Waals surface area contributed by atoms with Crippen LogP contribution in [0.15, 0.2) is 0 Å². The number of urea groups is 1. The lowest BCUT2D eigenvalue weighted by Crippen LogP contribution is -2.56. The van der Waals surface area contributed by atoms with Crippen LogP contribution in [-0.4, -0.2) is 52.1 Å². The van der Waals surface area contributed by atoms with Gasteiger partial charge in [0.05, 0.1) is 0 Å². The van der Waals surface area contributed by atoms with Crippen molar-refractivity contribution in [3.63, 3.8) is 0 Å². The van der Waals surface area contributed by atoms with Crippen molar-refractivity contribution in [3.05, 3.63) is 0 Å². The number of amides is 2. The van der Waals surface area contributed by atoms with E-state index in [1.165, 1.54) is 4.90 Å². The Balaban J connectivity index is 2.84. The number of rotatable bonds is 3. The van der Waals surface area contributed by atoms with E-state index in [9.17, 15) is 9.59 Å². The summed E-state index contributed by atoms with van der Waals surface area (Å²) in [5, 5.41) is 9.17. The standard InChI is InChI=1S/C13H24N2O3/c1-9(2)10-7-6-8-15(10)12(18)14(5)13(3,4)11(16)17/h9-10H,6-8H2,1-5H3,(H,16,17). The first-order valence-corrected chi connectivity index (χ1v) is 6.47. The minimum absolute atomic E-state index is 0.182. The van der Waals surface area contributed by atoms with Crippen molar-refractivity contribution < 1.29 is 14.7 Å². The number of likely N-dealkylation sites (tertiary alicyclic amines) is 1. The molecule has 5 heteroatoms. The van der Waals surface area contributed by atoms with Crippen molar-refractivity contribution in [2.75, 3.05) is 13.6 Å². The molecule has 1 N–H and O–H groups in total. The molecule has 1 fully saturated rings.